The molecule has 0 unspecified atom stereocenters. The summed E-state index contributed by atoms with van der Waals surface area (Å²) >= 11 is 0. The van der Waals surface area contributed by atoms with Gasteiger partial charge in [0, 0.05) is 49.9 Å². The molecule has 0 spiro atoms. The van der Waals surface area contributed by atoms with E-state index in [-0.39, 0.29) is 0 Å². The van der Waals surface area contributed by atoms with Gasteiger partial charge in [-0.05, 0) is 70.7 Å². The molecule has 0 bridgehead atoms. The number of hydrogen-bond acceptors (Lipinski definition) is 8. The molecule has 3 aromatic rings. The SMILES string of the molecule is Cc1cc(NCCCN2CCN(C)CC2)nc(Nc2nc(C)c3ccc4c(c3n2)CCCC4)n1. The highest BCUT2D eigenvalue weighted by molar-refractivity contribution is 5.86. The topological polar surface area (TPSA) is 82.1 Å². The predicted molar refractivity (Wildman–Crippen MR) is 138 cm³/mol. The molecule has 1 fully saturated rings. The summed E-state index contributed by atoms with van der Waals surface area (Å²) in [5.41, 5.74) is 5.77. The summed E-state index contributed by atoms with van der Waals surface area (Å²) in [6, 6.07) is 6.42. The first-order chi connectivity index (χ1) is 16.5. The van der Waals surface area contributed by atoms with Gasteiger partial charge in [-0.3, -0.25) is 5.32 Å². The van der Waals surface area contributed by atoms with Crippen molar-refractivity contribution in [2.24, 2.45) is 0 Å². The molecule has 1 aromatic carbocycles. The second-order valence-electron chi connectivity index (χ2n) is 9.71. The van der Waals surface area contributed by atoms with E-state index in [4.69, 9.17) is 9.97 Å². The quantitative estimate of drug-likeness (QED) is 0.517. The highest BCUT2D eigenvalue weighted by Gasteiger charge is 2.17. The van der Waals surface area contributed by atoms with Crippen molar-refractivity contribution in [1.82, 2.24) is 29.7 Å². The summed E-state index contributed by atoms with van der Waals surface area (Å²) in [4.78, 5) is 23.8. The van der Waals surface area contributed by atoms with Crippen molar-refractivity contribution in [3.8, 4) is 0 Å². The van der Waals surface area contributed by atoms with Gasteiger partial charge >= 0.3 is 0 Å². The molecule has 1 saturated heterocycles. The number of rotatable bonds is 7. The van der Waals surface area contributed by atoms with E-state index in [2.05, 4.69) is 56.5 Å². The normalized spacial score (nSPS) is 17.0. The molecule has 34 heavy (non-hydrogen) atoms. The molecule has 5 rings (SSSR count). The Kier molecular flexibility index (Phi) is 6.87. The Morgan fingerprint density at radius 1 is 0.912 bits per heavy atom. The predicted octanol–water partition coefficient (Wildman–Crippen LogP) is 3.71. The van der Waals surface area contributed by atoms with E-state index >= 15 is 0 Å². The fourth-order valence-electron chi connectivity index (χ4n) is 5.04. The molecule has 2 N–H and O–H groups in total. The van der Waals surface area contributed by atoms with E-state index in [1.54, 1.807) is 0 Å². The van der Waals surface area contributed by atoms with Crippen molar-refractivity contribution in [3.63, 3.8) is 0 Å². The minimum Gasteiger partial charge on any atom is -0.370 e. The maximum Gasteiger partial charge on any atom is 0.231 e. The Labute approximate surface area is 202 Å². The minimum absolute atomic E-state index is 0.533. The zero-order valence-electron chi connectivity index (χ0n) is 20.7. The van der Waals surface area contributed by atoms with E-state index in [0.717, 1.165) is 86.6 Å². The monoisotopic (exact) mass is 460 g/mol. The van der Waals surface area contributed by atoms with Crippen LogP contribution in [0, 0.1) is 13.8 Å². The molecule has 0 saturated carbocycles. The molecule has 8 heteroatoms. The van der Waals surface area contributed by atoms with Gasteiger partial charge in [0.2, 0.25) is 11.9 Å². The first-order valence-electron chi connectivity index (χ1n) is 12.6. The van der Waals surface area contributed by atoms with Crippen LogP contribution in [0.2, 0.25) is 0 Å². The van der Waals surface area contributed by atoms with Gasteiger partial charge in [0.15, 0.2) is 0 Å². The first kappa shape index (κ1) is 22.9. The van der Waals surface area contributed by atoms with Gasteiger partial charge in [-0.2, -0.15) is 4.98 Å². The zero-order chi connectivity index (χ0) is 23.5. The van der Waals surface area contributed by atoms with E-state index < -0.39 is 0 Å². The standard InChI is InChI=1S/C26H36N8/c1-18-17-23(27-11-6-12-34-15-13-33(3)14-16-34)30-25(28-18)32-26-29-19(2)21-10-9-20-7-4-5-8-22(20)24(21)31-26/h9-10,17H,4-8,11-16H2,1-3H3,(H2,27,28,29,30,31,32). The molecule has 0 atom stereocenters. The van der Waals surface area contributed by atoms with Gasteiger partial charge in [-0.1, -0.05) is 12.1 Å². The number of fused-ring (bicyclic) bond motifs is 3. The Morgan fingerprint density at radius 2 is 1.71 bits per heavy atom. The minimum atomic E-state index is 0.533. The molecule has 1 aliphatic carbocycles. The number of anilines is 3. The average molecular weight is 461 g/mol. The number of benzene rings is 1. The summed E-state index contributed by atoms with van der Waals surface area (Å²) in [6.07, 6.45) is 5.81. The van der Waals surface area contributed by atoms with Gasteiger partial charge in [-0.25, -0.2) is 15.0 Å². The lowest BCUT2D eigenvalue weighted by Gasteiger charge is -2.32. The number of hydrogen-bond donors (Lipinski definition) is 2. The van der Waals surface area contributed by atoms with Crippen molar-refractivity contribution in [1.29, 1.82) is 0 Å². The second-order valence-corrected chi connectivity index (χ2v) is 9.71. The lowest BCUT2D eigenvalue weighted by atomic mass is 9.89. The number of nitrogens with zero attached hydrogens (tertiary/aromatic N) is 6. The molecule has 1 aliphatic heterocycles. The van der Waals surface area contributed by atoms with E-state index in [9.17, 15) is 0 Å². The lowest BCUT2D eigenvalue weighted by molar-refractivity contribution is 0.154. The first-order valence-corrected chi connectivity index (χ1v) is 12.6. The molecule has 8 nitrogen and oxygen atoms in total. The van der Waals surface area contributed by atoms with Crippen LogP contribution in [-0.2, 0) is 12.8 Å². The summed E-state index contributed by atoms with van der Waals surface area (Å²) < 4.78 is 0. The lowest BCUT2D eigenvalue weighted by Crippen LogP contribution is -2.44. The molecule has 2 aromatic heterocycles. The zero-order valence-corrected chi connectivity index (χ0v) is 20.7. The molecule has 0 amide bonds. The van der Waals surface area contributed by atoms with Crippen molar-refractivity contribution < 1.29 is 0 Å². The summed E-state index contributed by atoms with van der Waals surface area (Å²) in [5.74, 6) is 1.93. The van der Waals surface area contributed by atoms with Gasteiger partial charge in [0.05, 0.1) is 11.2 Å². The van der Waals surface area contributed by atoms with Crippen molar-refractivity contribution in [2.75, 3.05) is 56.9 Å². The number of aromatic nitrogens is 4. The van der Waals surface area contributed by atoms with E-state index in [1.807, 2.05) is 13.0 Å². The average Bonchev–Trinajstić information content (AvgIpc) is 2.82. The maximum atomic E-state index is 4.90. The van der Waals surface area contributed by atoms with Gasteiger partial charge in [0.25, 0.3) is 0 Å². The number of likely N-dealkylation sites (N-methyl/N-ethyl adjacent to an activating group) is 1. The van der Waals surface area contributed by atoms with Crippen LogP contribution >= 0.6 is 0 Å². The number of piperazine rings is 1. The molecule has 0 radical (unpaired) electrons. The summed E-state index contributed by atoms with van der Waals surface area (Å²) in [7, 11) is 2.19. The highest BCUT2D eigenvalue weighted by atomic mass is 15.2. The van der Waals surface area contributed by atoms with Crippen LogP contribution < -0.4 is 10.6 Å². The van der Waals surface area contributed by atoms with Crippen molar-refractivity contribution >= 4 is 28.6 Å². The fourth-order valence-corrected chi connectivity index (χ4v) is 5.04. The number of nitrogens with one attached hydrogen (secondary N) is 2. The molecular weight excluding hydrogens is 424 g/mol. The molecule has 3 heterocycles. The Balaban J connectivity index is 1.26. The van der Waals surface area contributed by atoms with Gasteiger partial charge in [-0.15, -0.1) is 0 Å². The third-order valence-electron chi connectivity index (χ3n) is 7.01. The van der Waals surface area contributed by atoms with Crippen LogP contribution in [-0.4, -0.2) is 76.1 Å². The summed E-state index contributed by atoms with van der Waals surface area (Å²) in [6.45, 7) is 10.7. The third-order valence-corrected chi connectivity index (χ3v) is 7.01. The molecular formula is C26H36N8. The summed E-state index contributed by atoms with van der Waals surface area (Å²) in [5, 5.41) is 7.88. The Hall–Kier alpha value is -2.84. The Bertz CT molecular complexity index is 1150. The van der Waals surface area contributed by atoms with Crippen molar-refractivity contribution in [2.45, 2.75) is 46.0 Å². The van der Waals surface area contributed by atoms with Crippen LogP contribution in [0.25, 0.3) is 10.9 Å². The van der Waals surface area contributed by atoms with Gasteiger partial charge in [0.1, 0.15) is 5.82 Å². The Morgan fingerprint density at radius 3 is 2.56 bits per heavy atom. The molecule has 180 valence electrons. The fraction of sp³-hybridized carbons (Fsp3) is 0.538. The van der Waals surface area contributed by atoms with Crippen LogP contribution in [0.15, 0.2) is 18.2 Å². The second kappa shape index (κ2) is 10.2. The van der Waals surface area contributed by atoms with Crippen LogP contribution in [0.1, 0.15) is 41.8 Å². The largest absolute Gasteiger partial charge is 0.370 e. The van der Waals surface area contributed by atoms with Crippen LogP contribution in [0.3, 0.4) is 0 Å². The maximum absolute atomic E-state index is 4.90. The smallest absolute Gasteiger partial charge is 0.231 e. The van der Waals surface area contributed by atoms with Gasteiger partial charge < -0.3 is 15.1 Å². The van der Waals surface area contributed by atoms with E-state index in [0.29, 0.717) is 11.9 Å². The number of aryl methyl sites for hydroxylation is 4. The third kappa shape index (κ3) is 5.28. The highest BCUT2D eigenvalue weighted by Crippen LogP contribution is 2.30. The van der Waals surface area contributed by atoms with Crippen LogP contribution in [0.4, 0.5) is 17.7 Å². The van der Waals surface area contributed by atoms with Crippen LogP contribution in [0.5, 0.6) is 0 Å². The van der Waals surface area contributed by atoms with E-state index in [1.165, 1.54) is 24.0 Å². The molecule has 2 aliphatic rings. The van der Waals surface area contributed by atoms with Crippen molar-refractivity contribution in [3.05, 3.63) is 40.7 Å².